The first-order chi connectivity index (χ1) is 12.6. The van der Waals surface area contributed by atoms with Crippen LogP contribution in [-0.2, 0) is 4.79 Å². The van der Waals surface area contributed by atoms with Crippen molar-refractivity contribution in [2.45, 2.75) is 12.8 Å². The molecule has 2 heterocycles. The normalized spacial score (nSPS) is 22.3. The number of carbonyl (C=O) groups is 2. The molecule has 0 bridgehead atoms. The van der Waals surface area contributed by atoms with E-state index in [9.17, 15) is 9.59 Å². The van der Waals surface area contributed by atoms with E-state index in [0.717, 1.165) is 39.0 Å². The van der Waals surface area contributed by atoms with E-state index in [-0.39, 0.29) is 18.4 Å². The van der Waals surface area contributed by atoms with E-state index in [1.165, 1.54) is 7.11 Å². The van der Waals surface area contributed by atoms with Crippen molar-refractivity contribution >= 4 is 11.8 Å². The Morgan fingerprint density at radius 1 is 1.19 bits per heavy atom. The van der Waals surface area contributed by atoms with Crippen molar-refractivity contribution in [3.8, 4) is 11.5 Å². The molecule has 2 aliphatic rings. The monoisotopic (exact) mass is 361 g/mol. The average molecular weight is 361 g/mol. The van der Waals surface area contributed by atoms with Gasteiger partial charge in [-0.05, 0) is 56.0 Å². The van der Waals surface area contributed by atoms with Gasteiger partial charge in [-0.3, -0.25) is 9.59 Å². The highest BCUT2D eigenvalue weighted by Gasteiger charge is 2.31. The molecule has 0 saturated carbocycles. The average Bonchev–Trinajstić information content (AvgIpc) is 3.03. The lowest BCUT2D eigenvalue weighted by Crippen LogP contribution is -2.32. The molecule has 7 heteroatoms. The number of amides is 2. The van der Waals surface area contributed by atoms with Crippen LogP contribution in [0.4, 0.5) is 0 Å². The molecule has 3 rings (SSSR count). The first kappa shape index (κ1) is 18.5. The van der Waals surface area contributed by atoms with Crippen LogP contribution >= 0.6 is 0 Å². The van der Waals surface area contributed by atoms with Gasteiger partial charge in [0.05, 0.1) is 7.11 Å². The lowest BCUT2D eigenvalue weighted by Gasteiger charge is -2.21. The summed E-state index contributed by atoms with van der Waals surface area (Å²) in [7, 11) is 3.08. The summed E-state index contributed by atoms with van der Waals surface area (Å²) < 4.78 is 10.8. The van der Waals surface area contributed by atoms with E-state index >= 15 is 0 Å². The number of likely N-dealkylation sites (tertiary alicyclic amines) is 1. The molecule has 1 aromatic rings. The maximum atomic E-state index is 12.9. The fourth-order valence-electron chi connectivity index (χ4n) is 3.74. The van der Waals surface area contributed by atoms with Gasteiger partial charge >= 0.3 is 0 Å². The van der Waals surface area contributed by atoms with Crippen LogP contribution in [0.3, 0.4) is 0 Å². The number of benzene rings is 1. The van der Waals surface area contributed by atoms with Crippen molar-refractivity contribution in [1.82, 2.24) is 15.5 Å². The minimum Gasteiger partial charge on any atom is -0.493 e. The first-order valence-electron chi connectivity index (χ1n) is 9.13. The highest BCUT2D eigenvalue weighted by Crippen LogP contribution is 2.30. The molecule has 2 aliphatic heterocycles. The summed E-state index contributed by atoms with van der Waals surface area (Å²) >= 11 is 0. The molecule has 0 aromatic heterocycles. The van der Waals surface area contributed by atoms with E-state index in [2.05, 4.69) is 10.6 Å². The quantitative estimate of drug-likeness (QED) is 0.814. The SMILES string of the molecule is CNC(=O)COc1ccc(C(=O)N2CC[C@@H]3CNC[C@@H]3CC2)cc1OC. The van der Waals surface area contributed by atoms with Crippen LogP contribution < -0.4 is 20.1 Å². The summed E-state index contributed by atoms with van der Waals surface area (Å²) in [6, 6.07) is 5.11. The summed E-state index contributed by atoms with van der Waals surface area (Å²) in [5.41, 5.74) is 0.583. The Morgan fingerprint density at radius 2 is 1.88 bits per heavy atom. The number of likely N-dealkylation sites (N-methyl/N-ethyl adjacent to an activating group) is 1. The molecule has 2 N–H and O–H groups in total. The third-order valence-corrected chi connectivity index (χ3v) is 5.35. The Bertz CT molecular complexity index is 650. The molecule has 2 atom stereocenters. The van der Waals surface area contributed by atoms with Crippen molar-refractivity contribution in [2.24, 2.45) is 11.8 Å². The molecule has 2 saturated heterocycles. The van der Waals surface area contributed by atoms with Gasteiger partial charge in [0.2, 0.25) is 0 Å². The maximum Gasteiger partial charge on any atom is 0.257 e. The molecule has 0 aliphatic carbocycles. The predicted octanol–water partition coefficient (Wildman–Crippen LogP) is 0.892. The summed E-state index contributed by atoms with van der Waals surface area (Å²) in [4.78, 5) is 26.2. The van der Waals surface area contributed by atoms with Crippen LogP contribution in [0.5, 0.6) is 11.5 Å². The molecule has 26 heavy (non-hydrogen) atoms. The Hall–Kier alpha value is -2.28. The van der Waals surface area contributed by atoms with Crippen molar-refractivity contribution < 1.29 is 19.1 Å². The Morgan fingerprint density at radius 3 is 2.50 bits per heavy atom. The molecule has 2 fully saturated rings. The van der Waals surface area contributed by atoms with Crippen LogP contribution in [-0.4, -0.2) is 63.7 Å². The number of ether oxygens (including phenoxy) is 2. The summed E-state index contributed by atoms with van der Waals surface area (Å²) in [5.74, 6) is 2.07. The maximum absolute atomic E-state index is 12.9. The molecule has 0 unspecified atom stereocenters. The van der Waals surface area contributed by atoms with Crippen molar-refractivity contribution in [3.63, 3.8) is 0 Å². The molecule has 7 nitrogen and oxygen atoms in total. The van der Waals surface area contributed by atoms with Crippen LogP contribution in [0.25, 0.3) is 0 Å². The zero-order chi connectivity index (χ0) is 18.5. The second-order valence-corrected chi connectivity index (χ2v) is 6.88. The molecule has 142 valence electrons. The van der Waals surface area contributed by atoms with Crippen molar-refractivity contribution in [2.75, 3.05) is 46.9 Å². The third kappa shape index (κ3) is 4.09. The lowest BCUT2D eigenvalue weighted by molar-refractivity contribution is -0.122. The van der Waals surface area contributed by atoms with E-state index in [4.69, 9.17) is 9.47 Å². The fourth-order valence-corrected chi connectivity index (χ4v) is 3.74. The van der Waals surface area contributed by atoms with Crippen LogP contribution in [0.1, 0.15) is 23.2 Å². The van der Waals surface area contributed by atoms with Gasteiger partial charge in [-0.1, -0.05) is 0 Å². The summed E-state index contributed by atoms with van der Waals surface area (Å²) in [6.45, 7) is 3.62. The van der Waals surface area contributed by atoms with Gasteiger partial charge in [0.15, 0.2) is 18.1 Å². The minimum absolute atomic E-state index is 0.0223. The molecule has 0 spiro atoms. The van der Waals surface area contributed by atoms with Gasteiger partial charge < -0.3 is 25.0 Å². The molecule has 0 radical (unpaired) electrons. The molecule has 2 amide bonds. The number of carbonyl (C=O) groups excluding carboxylic acids is 2. The molecular weight excluding hydrogens is 334 g/mol. The first-order valence-corrected chi connectivity index (χ1v) is 9.13. The number of fused-ring (bicyclic) bond motifs is 1. The number of hydrogen-bond donors (Lipinski definition) is 2. The Labute approximate surface area is 154 Å². The van der Waals surface area contributed by atoms with Gasteiger partial charge in [-0.25, -0.2) is 0 Å². The standard InChI is InChI=1S/C19H27N3O4/c1-20-18(23)12-26-16-4-3-13(9-17(16)25-2)19(24)22-7-5-14-10-21-11-15(14)6-8-22/h3-4,9,14-15,21H,5-8,10-12H2,1-2H3,(H,20,23)/t14-,15+. The zero-order valence-corrected chi connectivity index (χ0v) is 15.4. The predicted molar refractivity (Wildman–Crippen MR) is 97.5 cm³/mol. The lowest BCUT2D eigenvalue weighted by atomic mass is 9.92. The fraction of sp³-hybridized carbons (Fsp3) is 0.579. The van der Waals surface area contributed by atoms with Gasteiger partial charge in [0.25, 0.3) is 11.8 Å². The van der Waals surface area contributed by atoms with Crippen LogP contribution in [0.15, 0.2) is 18.2 Å². The van der Waals surface area contributed by atoms with E-state index in [1.54, 1.807) is 25.2 Å². The largest absolute Gasteiger partial charge is 0.493 e. The number of methoxy groups -OCH3 is 1. The Kier molecular flexibility index (Phi) is 5.98. The topological polar surface area (TPSA) is 79.9 Å². The molecule has 1 aromatic carbocycles. The third-order valence-electron chi connectivity index (χ3n) is 5.35. The van der Waals surface area contributed by atoms with Gasteiger partial charge in [0.1, 0.15) is 0 Å². The van der Waals surface area contributed by atoms with Gasteiger partial charge in [-0.2, -0.15) is 0 Å². The smallest absolute Gasteiger partial charge is 0.257 e. The van der Waals surface area contributed by atoms with Crippen LogP contribution in [0.2, 0.25) is 0 Å². The zero-order valence-electron chi connectivity index (χ0n) is 15.4. The number of hydrogen-bond acceptors (Lipinski definition) is 5. The highest BCUT2D eigenvalue weighted by atomic mass is 16.5. The highest BCUT2D eigenvalue weighted by molar-refractivity contribution is 5.95. The number of rotatable bonds is 5. The van der Waals surface area contributed by atoms with Crippen LogP contribution in [0, 0.1) is 11.8 Å². The summed E-state index contributed by atoms with van der Waals surface area (Å²) in [6.07, 6.45) is 2.10. The van der Waals surface area contributed by atoms with Gasteiger partial charge in [0, 0.05) is 25.7 Å². The van der Waals surface area contributed by atoms with E-state index in [0.29, 0.717) is 28.9 Å². The number of nitrogens with one attached hydrogen (secondary N) is 2. The second-order valence-electron chi connectivity index (χ2n) is 6.88. The van der Waals surface area contributed by atoms with Gasteiger partial charge in [-0.15, -0.1) is 0 Å². The van der Waals surface area contributed by atoms with Crippen molar-refractivity contribution in [3.05, 3.63) is 23.8 Å². The van der Waals surface area contributed by atoms with E-state index < -0.39 is 0 Å². The minimum atomic E-state index is -0.225. The number of nitrogens with zero attached hydrogens (tertiary/aromatic N) is 1. The molecular formula is C19H27N3O4. The second kappa shape index (κ2) is 8.40. The summed E-state index contributed by atoms with van der Waals surface area (Å²) in [5, 5.41) is 5.95. The van der Waals surface area contributed by atoms with Crippen molar-refractivity contribution in [1.29, 1.82) is 0 Å². The Balaban J connectivity index is 1.68. The van der Waals surface area contributed by atoms with E-state index in [1.807, 2.05) is 4.90 Å².